The molecule has 5 nitrogen and oxygen atoms in total. The number of aliphatic imine (C=N–C) groups is 1. The molecule has 158 valence electrons. The summed E-state index contributed by atoms with van der Waals surface area (Å²) in [4.78, 5) is 8.77. The first-order valence-corrected chi connectivity index (χ1v) is 9.46. The second-order valence-electron chi connectivity index (χ2n) is 7.52. The Labute approximate surface area is 168 Å². The number of likely N-dealkylation sites (N-methyl/N-ethyl adjacent to an activating group) is 1. The lowest BCUT2D eigenvalue weighted by Gasteiger charge is -2.42. The van der Waals surface area contributed by atoms with Crippen molar-refractivity contribution in [2.24, 2.45) is 10.1 Å². The lowest BCUT2D eigenvalue weighted by Crippen LogP contribution is -2.53. The molecule has 2 aliphatic heterocycles. The fourth-order valence-corrected chi connectivity index (χ4v) is 3.53. The van der Waals surface area contributed by atoms with Gasteiger partial charge in [0.2, 0.25) is 5.96 Å². The molecule has 0 saturated carbocycles. The van der Waals surface area contributed by atoms with Crippen molar-refractivity contribution in [2.75, 3.05) is 33.2 Å². The van der Waals surface area contributed by atoms with Gasteiger partial charge in [0.05, 0.1) is 17.3 Å². The molecule has 1 atom stereocenters. The van der Waals surface area contributed by atoms with E-state index in [4.69, 9.17) is 0 Å². The zero-order chi connectivity index (χ0) is 21.3. The highest BCUT2D eigenvalue weighted by Crippen LogP contribution is 2.43. The normalized spacial score (nSPS) is 20.2. The number of nitrogens with zero attached hydrogens (tertiary/aromatic N) is 5. The zero-order valence-electron chi connectivity index (χ0n) is 16.8. The topological polar surface area (TPSA) is 34.4 Å². The van der Waals surface area contributed by atoms with Gasteiger partial charge in [-0.3, -0.25) is 0 Å². The van der Waals surface area contributed by atoms with Gasteiger partial charge in [0, 0.05) is 43.5 Å². The van der Waals surface area contributed by atoms with Gasteiger partial charge in [-0.2, -0.15) is 18.3 Å². The summed E-state index contributed by atoms with van der Waals surface area (Å²) in [6.07, 6.45) is -2.81. The fourth-order valence-electron chi connectivity index (χ4n) is 3.53. The number of hydrogen-bond donors (Lipinski definition) is 0. The third-order valence-corrected chi connectivity index (χ3v) is 4.99. The molecule has 1 unspecified atom stereocenters. The fraction of sp³-hybridized carbons (Fsp3) is 0.500. The van der Waals surface area contributed by atoms with Crippen molar-refractivity contribution in [1.29, 1.82) is 0 Å². The van der Waals surface area contributed by atoms with Crippen LogP contribution in [0.3, 0.4) is 0 Å². The van der Waals surface area contributed by atoms with Gasteiger partial charge in [-0.05, 0) is 33.4 Å². The van der Waals surface area contributed by atoms with Crippen LogP contribution in [-0.2, 0) is 6.18 Å². The number of hydrogen-bond acceptors (Lipinski definition) is 5. The molecular formula is C20H25F4N5. The number of piperazine rings is 1. The molecule has 0 spiro atoms. The first-order valence-electron chi connectivity index (χ1n) is 9.46. The molecule has 0 aromatic heterocycles. The van der Waals surface area contributed by atoms with Gasteiger partial charge < -0.3 is 9.80 Å². The summed E-state index contributed by atoms with van der Waals surface area (Å²) in [5.41, 5.74) is -0.0545. The number of fused-ring (bicyclic) bond motifs is 1. The second-order valence-corrected chi connectivity index (χ2v) is 7.52. The molecule has 29 heavy (non-hydrogen) atoms. The molecule has 2 heterocycles. The van der Waals surface area contributed by atoms with Crippen LogP contribution in [0.25, 0.3) is 0 Å². The summed E-state index contributed by atoms with van der Waals surface area (Å²) in [6.45, 7) is 10.4. The van der Waals surface area contributed by atoms with E-state index in [2.05, 4.69) is 21.6 Å². The van der Waals surface area contributed by atoms with Gasteiger partial charge in [0.1, 0.15) is 5.82 Å². The first-order chi connectivity index (χ1) is 13.6. The maximum Gasteiger partial charge on any atom is 0.419 e. The SMILES string of the molecule is C=CCC1c2cc(C(F)(F)F)c(F)cc2N=C(N2CCN(C)CC2)N1N=C(C)C. The van der Waals surface area contributed by atoms with Crippen molar-refractivity contribution in [3.63, 3.8) is 0 Å². The minimum atomic E-state index is -4.78. The van der Waals surface area contributed by atoms with Crippen LogP contribution in [-0.4, -0.2) is 59.7 Å². The Kier molecular flexibility index (Phi) is 5.97. The Morgan fingerprint density at radius 1 is 1.24 bits per heavy atom. The first kappa shape index (κ1) is 21.3. The van der Waals surface area contributed by atoms with Crippen LogP contribution < -0.4 is 0 Å². The smallest absolute Gasteiger partial charge is 0.338 e. The van der Waals surface area contributed by atoms with E-state index >= 15 is 0 Å². The van der Waals surface area contributed by atoms with Crippen LogP contribution in [0, 0.1) is 5.82 Å². The van der Waals surface area contributed by atoms with Crippen molar-refractivity contribution in [3.05, 3.63) is 41.7 Å². The molecule has 2 aliphatic rings. The average molecular weight is 411 g/mol. The number of benzene rings is 1. The molecule has 9 heteroatoms. The minimum absolute atomic E-state index is 0.205. The van der Waals surface area contributed by atoms with Crippen molar-refractivity contribution in [1.82, 2.24) is 14.8 Å². The van der Waals surface area contributed by atoms with Crippen LogP contribution in [0.1, 0.15) is 37.4 Å². The van der Waals surface area contributed by atoms with E-state index in [1.807, 2.05) is 25.8 Å². The average Bonchev–Trinajstić information content (AvgIpc) is 2.62. The molecular weight excluding hydrogens is 386 g/mol. The molecule has 0 amide bonds. The Hall–Kier alpha value is -2.42. The molecule has 1 saturated heterocycles. The number of rotatable bonds is 3. The van der Waals surface area contributed by atoms with E-state index in [0.717, 1.165) is 30.9 Å². The summed E-state index contributed by atoms with van der Waals surface area (Å²) in [6, 6.07) is 1.19. The highest BCUT2D eigenvalue weighted by atomic mass is 19.4. The molecule has 0 N–H and O–H groups in total. The van der Waals surface area contributed by atoms with Gasteiger partial charge in [0.25, 0.3) is 0 Å². The molecule has 1 aromatic rings. The number of guanidine groups is 1. The summed E-state index contributed by atoms with van der Waals surface area (Å²) in [5, 5.41) is 6.22. The van der Waals surface area contributed by atoms with E-state index in [-0.39, 0.29) is 5.69 Å². The predicted molar refractivity (Wildman–Crippen MR) is 106 cm³/mol. The molecule has 1 fully saturated rings. The molecule has 0 radical (unpaired) electrons. The van der Waals surface area contributed by atoms with Crippen LogP contribution in [0.4, 0.5) is 23.2 Å². The molecule has 3 rings (SSSR count). The Morgan fingerprint density at radius 3 is 2.45 bits per heavy atom. The largest absolute Gasteiger partial charge is 0.419 e. The summed E-state index contributed by atoms with van der Waals surface area (Å²) in [5.74, 6) is -0.795. The van der Waals surface area contributed by atoms with Crippen LogP contribution in [0.2, 0.25) is 0 Å². The van der Waals surface area contributed by atoms with Gasteiger partial charge in [-0.15, -0.1) is 6.58 Å². The van der Waals surface area contributed by atoms with Crippen LogP contribution in [0.5, 0.6) is 0 Å². The Balaban J connectivity index is 2.16. The number of alkyl halides is 3. The van der Waals surface area contributed by atoms with Crippen LogP contribution in [0.15, 0.2) is 34.9 Å². The van der Waals surface area contributed by atoms with E-state index in [0.29, 0.717) is 31.0 Å². The minimum Gasteiger partial charge on any atom is -0.338 e. The highest BCUT2D eigenvalue weighted by molar-refractivity contribution is 5.88. The van der Waals surface area contributed by atoms with E-state index in [1.54, 1.807) is 11.1 Å². The van der Waals surface area contributed by atoms with E-state index in [9.17, 15) is 17.6 Å². The maximum atomic E-state index is 14.2. The zero-order valence-corrected chi connectivity index (χ0v) is 16.8. The third-order valence-electron chi connectivity index (χ3n) is 4.99. The molecule has 0 bridgehead atoms. The van der Waals surface area contributed by atoms with Crippen molar-refractivity contribution < 1.29 is 17.6 Å². The Morgan fingerprint density at radius 2 is 1.90 bits per heavy atom. The van der Waals surface area contributed by atoms with Crippen molar-refractivity contribution in [2.45, 2.75) is 32.5 Å². The van der Waals surface area contributed by atoms with Crippen LogP contribution >= 0.6 is 0 Å². The standard InChI is InChI=1S/C20H25F4N5/c1-5-6-18-14-11-15(20(22,23)24)16(21)12-17(14)25-19(29(18)26-13(2)3)28-9-7-27(4)8-10-28/h5,11-12,18H,1,6-10H2,2-4H3. The summed E-state index contributed by atoms with van der Waals surface area (Å²) < 4.78 is 54.1. The summed E-state index contributed by atoms with van der Waals surface area (Å²) >= 11 is 0. The monoisotopic (exact) mass is 411 g/mol. The quantitative estimate of drug-likeness (QED) is 0.420. The van der Waals surface area contributed by atoms with Crippen molar-refractivity contribution in [3.8, 4) is 0 Å². The lowest BCUT2D eigenvalue weighted by molar-refractivity contribution is -0.140. The summed E-state index contributed by atoms with van der Waals surface area (Å²) in [7, 11) is 2.02. The third kappa shape index (κ3) is 4.44. The molecule has 0 aliphatic carbocycles. The maximum absolute atomic E-state index is 14.2. The molecule has 1 aromatic carbocycles. The lowest BCUT2D eigenvalue weighted by atomic mass is 9.96. The van der Waals surface area contributed by atoms with Crippen molar-refractivity contribution >= 4 is 17.4 Å². The van der Waals surface area contributed by atoms with E-state index in [1.165, 1.54) is 0 Å². The number of halogens is 4. The van der Waals surface area contributed by atoms with E-state index < -0.39 is 23.6 Å². The van der Waals surface area contributed by atoms with Gasteiger partial charge in [-0.25, -0.2) is 14.4 Å². The predicted octanol–water partition coefficient (Wildman–Crippen LogP) is 4.41. The van der Waals surface area contributed by atoms with Gasteiger partial charge in [0.15, 0.2) is 0 Å². The second kappa shape index (κ2) is 8.14. The van der Waals surface area contributed by atoms with Gasteiger partial charge in [-0.1, -0.05) is 6.08 Å². The van der Waals surface area contributed by atoms with Gasteiger partial charge >= 0.3 is 6.18 Å². The highest BCUT2D eigenvalue weighted by Gasteiger charge is 2.39. The Bertz CT molecular complexity index is 834. The number of hydrazone groups is 1.